The molecule has 392 valence electrons. The summed E-state index contributed by atoms with van der Waals surface area (Å²) in [6.07, 6.45) is 3.21. The minimum Gasteiger partial charge on any atom is -0.508 e. The molecule has 0 unspecified atom stereocenters. The van der Waals surface area contributed by atoms with Crippen molar-refractivity contribution in [3.8, 4) is 5.75 Å². The highest BCUT2D eigenvalue weighted by atomic mass is 16.3. The van der Waals surface area contributed by atoms with Crippen LogP contribution in [0.1, 0.15) is 104 Å². The van der Waals surface area contributed by atoms with Crippen molar-refractivity contribution in [3.63, 3.8) is 0 Å². The summed E-state index contributed by atoms with van der Waals surface area (Å²) in [5, 5.41) is 27.8. The molecule has 2 heterocycles. The number of carbonyl (C=O) groups is 11. The van der Waals surface area contributed by atoms with Crippen LogP contribution in [-0.2, 0) is 59.2 Å². The molecule has 0 saturated carbocycles. The van der Waals surface area contributed by atoms with Gasteiger partial charge < -0.3 is 70.2 Å². The van der Waals surface area contributed by atoms with E-state index in [2.05, 4.69) is 37.2 Å². The molecule has 0 bridgehead atoms. The predicted octanol–water partition coefficient (Wildman–Crippen LogP) is -2.87. The first kappa shape index (κ1) is 58.2. The fourth-order valence-corrected chi connectivity index (χ4v) is 8.02. The first-order valence-electron chi connectivity index (χ1n) is 23.9. The van der Waals surface area contributed by atoms with Gasteiger partial charge >= 0.3 is 0 Å². The number of amides is 11. The molecule has 2 aliphatic heterocycles. The smallest absolute Gasteiger partial charge is 0.245 e. The van der Waals surface area contributed by atoms with Gasteiger partial charge in [-0.2, -0.15) is 0 Å². The van der Waals surface area contributed by atoms with Crippen molar-refractivity contribution in [2.75, 3.05) is 13.1 Å². The predicted molar refractivity (Wildman–Crippen MR) is 257 cm³/mol. The van der Waals surface area contributed by atoms with Crippen LogP contribution in [-0.4, -0.2) is 136 Å². The Labute approximate surface area is 412 Å². The number of nitrogens with two attached hydrogens (primary N) is 4. The summed E-state index contributed by atoms with van der Waals surface area (Å²) in [5.74, 6) is -9.81. The number of nitrogens with zero attached hydrogens (tertiary/aromatic N) is 1. The molecule has 0 radical (unpaired) electrons. The molecular formula is C47H72N12O12. The molecule has 1 aromatic carbocycles. The second-order valence-corrected chi connectivity index (χ2v) is 18.5. The highest BCUT2D eigenvalue weighted by Gasteiger charge is 2.40. The van der Waals surface area contributed by atoms with E-state index in [4.69, 9.17) is 22.9 Å². The molecule has 9 atom stereocenters. The third-order valence-corrected chi connectivity index (χ3v) is 12.2. The molecule has 1 aromatic rings. The van der Waals surface area contributed by atoms with Gasteiger partial charge in [0.1, 0.15) is 48.0 Å². The van der Waals surface area contributed by atoms with Gasteiger partial charge in [-0.25, -0.2) is 0 Å². The molecule has 24 nitrogen and oxygen atoms in total. The summed E-state index contributed by atoms with van der Waals surface area (Å²) in [4.78, 5) is 148. The summed E-state index contributed by atoms with van der Waals surface area (Å²) in [6.45, 7) is 6.67. The maximum absolute atomic E-state index is 14.5. The number of phenols is 1. The van der Waals surface area contributed by atoms with Crippen molar-refractivity contribution in [2.24, 2.45) is 34.8 Å². The molecular weight excluding hydrogens is 925 g/mol. The van der Waals surface area contributed by atoms with Gasteiger partial charge in [0, 0.05) is 19.4 Å². The summed E-state index contributed by atoms with van der Waals surface area (Å²) in [6, 6.07) is -4.69. The van der Waals surface area contributed by atoms with Crippen molar-refractivity contribution in [2.45, 2.75) is 153 Å². The number of aromatic hydroxyl groups is 1. The lowest BCUT2D eigenvalue weighted by Crippen LogP contribution is -2.61. The Bertz CT molecular complexity index is 2120. The molecule has 1 saturated heterocycles. The van der Waals surface area contributed by atoms with Crippen LogP contribution < -0.4 is 60.2 Å². The van der Waals surface area contributed by atoms with Crippen LogP contribution in [0, 0.1) is 11.8 Å². The second-order valence-electron chi connectivity index (χ2n) is 18.5. The van der Waals surface area contributed by atoms with E-state index in [1.807, 2.05) is 13.8 Å². The van der Waals surface area contributed by atoms with Crippen LogP contribution in [0.2, 0.25) is 0 Å². The summed E-state index contributed by atoms with van der Waals surface area (Å²) < 4.78 is 0. The normalized spacial score (nSPS) is 24.5. The minimum atomic E-state index is -1.74. The number of primary amides is 3. The maximum Gasteiger partial charge on any atom is 0.245 e. The number of phenolic OH excluding ortho intramolecular Hbond substituents is 1. The number of hydrogen-bond donors (Lipinski definition) is 12. The molecule has 1 fully saturated rings. The van der Waals surface area contributed by atoms with Gasteiger partial charge in [0.2, 0.25) is 65.0 Å². The van der Waals surface area contributed by atoms with Crippen molar-refractivity contribution in [3.05, 3.63) is 42.0 Å². The number of hydrogen-bond acceptors (Lipinski definition) is 13. The number of carbonyl (C=O) groups excluding carboxylic acids is 11. The molecule has 2 aliphatic rings. The lowest BCUT2D eigenvalue weighted by molar-refractivity contribution is -0.143. The van der Waals surface area contributed by atoms with Crippen LogP contribution in [0.3, 0.4) is 0 Å². The quantitative estimate of drug-likeness (QED) is 0.0700. The molecule has 24 heteroatoms. The topological polar surface area (TPSA) is 400 Å². The van der Waals surface area contributed by atoms with Gasteiger partial charge in [0.15, 0.2) is 0 Å². The number of nitrogens with one attached hydrogen (secondary N) is 7. The second kappa shape index (κ2) is 28.5. The minimum absolute atomic E-state index is 0.0353. The molecule has 0 aromatic heterocycles. The van der Waals surface area contributed by atoms with Gasteiger partial charge in [-0.15, -0.1) is 0 Å². The molecule has 11 amide bonds. The number of benzene rings is 1. The van der Waals surface area contributed by atoms with E-state index in [1.54, 1.807) is 38.1 Å². The Morgan fingerprint density at radius 3 is 1.96 bits per heavy atom. The third kappa shape index (κ3) is 19.3. The van der Waals surface area contributed by atoms with Crippen LogP contribution in [0.5, 0.6) is 5.75 Å². The maximum atomic E-state index is 14.5. The fourth-order valence-electron chi connectivity index (χ4n) is 8.02. The van der Waals surface area contributed by atoms with Crippen LogP contribution in [0.15, 0.2) is 36.4 Å². The molecule has 0 spiro atoms. The Hall–Kier alpha value is -7.11. The lowest BCUT2D eigenvalue weighted by atomic mass is 9.96. The molecule has 3 rings (SSSR count). The largest absolute Gasteiger partial charge is 0.508 e. The monoisotopic (exact) mass is 997 g/mol. The first-order chi connectivity index (χ1) is 33.5. The zero-order valence-corrected chi connectivity index (χ0v) is 40.8. The first-order valence-corrected chi connectivity index (χ1v) is 23.9. The molecule has 71 heavy (non-hydrogen) atoms. The van der Waals surface area contributed by atoms with Crippen LogP contribution in [0.4, 0.5) is 0 Å². The van der Waals surface area contributed by atoms with Crippen molar-refractivity contribution in [1.29, 1.82) is 0 Å². The van der Waals surface area contributed by atoms with E-state index in [1.165, 1.54) is 17.0 Å². The summed E-state index contributed by atoms with van der Waals surface area (Å²) in [7, 11) is 0. The highest BCUT2D eigenvalue weighted by molar-refractivity contribution is 5.99. The van der Waals surface area contributed by atoms with Gasteiger partial charge in [-0.3, -0.25) is 52.7 Å². The SMILES string of the molecule is CC[C@@H](C)[C@@H]1NC(=O)[C@H](Cc2ccc(O)cc2)NC(=O)[C@@H](N)CC/C=C\CC[C@@H](C(=O)N2CCC[C@H]2C(=O)N[C@@H](CC(C)C)C(=O)NCC(N)=O)NC(=O)[C@H](CC(N)=O)NC(=O)[C@H](CCC(N)=O)NC1=O. The van der Waals surface area contributed by atoms with Gasteiger partial charge in [-0.05, 0) is 80.9 Å². The summed E-state index contributed by atoms with van der Waals surface area (Å²) in [5.41, 5.74) is 23.0. The summed E-state index contributed by atoms with van der Waals surface area (Å²) >= 11 is 0. The lowest BCUT2D eigenvalue weighted by Gasteiger charge is -2.31. The number of allylic oxidation sites excluding steroid dienone is 2. The zero-order chi connectivity index (χ0) is 52.9. The third-order valence-electron chi connectivity index (χ3n) is 12.2. The van der Waals surface area contributed by atoms with E-state index in [0.29, 0.717) is 18.4 Å². The van der Waals surface area contributed by atoms with E-state index in [0.717, 1.165) is 0 Å². The number of likely N-dealkylation sites (tertiary alicyclic amines) is 1. The van der Waals surface area contributed by atoms with E-state index in [-0.39, 0.29) is 63.2 Å². The van der Waals surface area contributed by atoms with Gasteiger partial charge in [-0.1, -0.05) is 58.4 Å². The average molecular weight is 997 g/mol. The Morgan fingerprint density at radius 2 is 1.35 bits per heavy atom. The van der Waals surface area contributed by atoms with Crippen LogP contribution >= 0.6 is 0 Å². The van der Waals surface area contributed by atoms with Crippen molar-refractivity contribution in [1.82, 2.24) is 42.1 Å². The van der Waals surface area contributed by atoms with E-state index < -0.39 is 145 Å². The van der Waals surface area contributed by atoms with Gasteiger partial charge in [0.05, 0.1) is 19.0 Å². The molecule has 0 aliphatic carbocycles. The average Bonchev–Trinajstić information content (AvgIpc) is 3.81. The molecule has 16 N–H and O–H groups in total. The zero-order valence-electron chi connectivity index (χ0n) is 40.8. The fraction of sp³-hybridized carbons (Fsp3) is 0.596. The van der Waals surface area contributed by atoms with E-state index in [9.17, 15) is 57.8 Å². The van der Waals surface area contributed by atoms with Gasteiger partial charge in [0.25, 0.3) is 0 Å². The Balaban J connectivity index is 2.05. The van der Waals surface area contributed by atoms with Crippen molar-refractivity contribution < 1.29 is 57.8 Å². The standard InChI is InChI=1S/C47H72N12O12/c1-5-26(4)39-46(70)53-30(18-19-36(49)61)42(66)56-34(23-37(50)62)43(67)54-31(47(71)59-20-10-13-35(59)45(69)57-32(21-25(2)3)41(65)52-24-38(51)63)12-9-7-6-8-11-29(48)40(64)55-33(44(68)58-39)22-27-14-16-28(60)17-15-27/h6-7,14-17,25-26,29-35,39,60H,5,8-13,18-24,48H2,1-4H3,(H2,49,61)(H2,50,62)(H2,51,63)(H,52,65)(H,53,70)(H,54,67)(H,55,64)(H,56,66)(H,57,69)(H,58,68)/b7-6-/t26-,29+,30+,31+,32+,33+,34+,35+,39+/m1/s1. The Morgan fingerprint density at radius 1 is 0.746 bits per heavy atom. The highest BCUT2D eigenvalue weighted by Crippen LogP contribution is 2.21. The van der Waals surface area contributed by atoms with E-state index >= 15 is 0 Å². The van der Waals surface area contributed by atoms with Crippen molar-refractivity contribution >= 4 is 65.0 Å². The van der Waals surface area contributed by atoms with Crippen LogP contribution in [0.25, 0.3) is 0 Å². The Kier molecular flexibility index (Phi) is 23.4. The number of rotatable bonds is 17.